The Morgan fingerprint density at radius 1 is 1.15 bits per heavy atom. The molecule has 108 valence electrons. The second-order valence-electron chi connectivity index (χ2n) is 6.24. The SMILES string of the molecule is N=C(N)c1c(Cl)cccc1N1CCC2(CCCC2)CC1. The summed E-state index contributed by atoms with van der Waals surface area (Å²) < 4.78 is 0. The number of rotatable bonds is 2. The van der Waals surface area contributed by atoms with Gasteiger partial charge in [0.15, 0.2) is 0 Å². The summed E-state index contributed by atoms with van der Waals surface area (Å²) in [6, 6.07) is 5.80. The zero-order valence-corrected chi connectivity index (χ0v) is 12.5. The third-order valence-corrected chi connectivity index (χ3v) is 5.40. The molecule has 20 heavy (non-hydrogen) atoms. The number of amidine groups is 1. The normalized spacial score (nSPS) is 21.4. The maximum absolute atomic E-state index is 7.76. The van der Waals surface area contributed by atoms with Gasteiger partial charge in [-0.25, -0.2) is 0 Å². The van der Waals surface area contributed by atoms with Crippen LogP contribution < -0.4 is 10.6 Å². The van der Waals surface area contributed by atoms with E-state index < -0.39 is 0 Å². The zero-order valence-electron chi connectivity index (χ0n) is 11.8. The number of halogens is 1. The maximum atomic E-state index is 7.76. The Morgan fingerprint density at radius 2 is 1.80 bits per heavy atom. The predicted molar refractivity (Wildman–Crippen MR) is 84.8 cm³/mol. The van der Waals surface area contributed by atoms with Gasteiger partial charge in [-0.2, -0.15) is 0 Å². The van der Waals surface area contributed by atoms with Crippen LogP contribution in [0, 0.1) is 10.8 Å². The molecule has 0 aromatic heterocycles. The molecule has 3 N–H and O–H groups in total. The van der Waals surface area contributed by atoms with E-state index in [4.69, 9.17) is 22.7 Å². The molecule has 0 radical (unpaired) electrons. The summed E-state index contributed by atoms with van der Waals surface area (Å²) in [5.41, 5.74) is 8.03. The van der Waals surface area contributed by atoms with Crippen LogP contribution in [0.5, 0.6) is 0 Å². The molecule has 1 aliphatic heterocycles. The quantitative estimate of drug-likeness (QED) is 0.643. The molecule has 0 atom stereocenters. The molecule has 4 heteroatoms. The highest BCUT2D eigenvalue weighted by molar-refractivity contribution is 6.34. The van der Waals surface area contributed by atoms with Crippen molar-refractivity contribution in [3.8, 4) is 0 Å². The van der Waals surface area contributed by atoms with Crippen molar-refractivity contribution in [3.05, 3.63) is 28.8 Å². The lowest BCUT2D eigenvalue weighted by Gasteiger charge is -2.41. The number of nitrogen functional groups attached to an aromatic ring is 1. The monoisotopic (exact) mass is 291 g/mol. The Kier molecular flexibility index (Phi) is 3.63. The van der Waals surface area contributed by atoms with Crippen LogP contribution in [-0.2, 0) is 0 Å². The molecule has 1 saturated carbocycles. The van der Waals surface area contributed by atoms with Crippen molar-refractivity contribution >= 4 is 23.1 Å². The predicted octanol–water partition coefficient (Wildman–Crippen LogP) is 3.78. The van der Waals surface area contributed by atoms with E-state index in [1.165, 1.54) is 38.5 Å². The Bertz CT molecular complexity index is 510. The van der Waals surface area contributed by atoms with E-state index in [1.54, 1.807) is 0 Å². The van der Waals surface area contributed by atoms with Gasteiger partial charge in [0, 0.05) is 18.8 Å². The summed E-state index contributed by atoms with van der Waals surface area (Å²) in [6.07, 6.45) is 8.12. The van der Waals surface area contributed by atoms with Crippen LogP contribution in [0.15, 0.2) is 18.2 Å². The number of anilines is 1. The maximum Gasteiger partial charge on any atom is 0.126 e. The van der Waals surface area contributed by atoms with Crippen LogP contribution in [0.1, 0.15) is 44.1 Å². The van der Waals surface area contributed by atoms with E-state index in [0.29, 0.717) is 16.0 Å². The number of piperidine rings is 1. The van der Waals surface area contributed by atoms with E-state index in [2.05, 4.69) is 4.90 Å². The first-order valence-corrected chi connectivity index (χ1v) is 7.87. The van der Waals surface area contributed by atoms with Crippen LogP contribution in [-0.4, -0.2) is 18.9 Å². The minimum absolute atomic E-state index is 0.0618. The van der Waals surface area contributed by atoms with Crippen molar-refractivity contribution in [2.75, 3.05) is 18.0 Å². The second-order valence-corrected chi connectivity index (χ2v) is 6.65. The Hall–Kier alpha value is -1.22. The van der Waals surface area contributed by atoms with Gasteiger partial charge in [-0.3, -0.25) is 5.41 Å². The first-order chi connectivity index (χ1) is 9.61. The molecule has 0 bridgehead atoms. The summed E-state index contributed by atoms with van der Waals surface area (Å²) in [4.78, 5) is 2.35. The minimum atomic E-state index is 0.0618. The van der Waals surface area contributed by atoms with Crippen molar-refractivity contribution in [3.63, 3.8) is 0 Å². The lowest BCUT2D eigenvalue weighted by Crippen LogP contribution is -2.39. The van der Waals surface area contributed by atoms with Crippen LogP contribution in [0.25, 0.3) is 0 Å². The van der Waals surface area contributed by atoms with Gasteiger partial charge < -0.3 is 10.6 Å². The highest BCUT2D eigenvalue weighted by atomic mass is 35.5. The molecule has 1 aromatic carbocycles. The van der Waals surface area contributed by atoms with Crippen LogP contribution in [0.4, 0.5) is 5.69 Å². The molecule has 0 amide bonds. The smallest absolute Gasteiger partial charge is 0.126 e. The van der Waals surface area contributed by atoms with Crippen LogP contribution in [0.3, 0.4) is 0 Å². The van der Waals surface area contributed by atoms with Gasteiger partial charge in [-0.05, 0) is 43.2 Å². The fourth-order valence-corrected chi connectivity index (χ4v) is 4.16. The van der Waals surface area contributed by atoms with E-state index in [0.717, 1.165) is 18.8 Å². The summed E-state index contributed by atoms with van der Waals surface area (Å²) in [5, 5.41) is 8.34. The number of benzene rings is 1. The molecule has 2 aliphatic rings. The van der Waals surface area contributed by atoms with E-state index >= 15 is 0 Å². The fraction of sp³-hybridized carbons (Fsp3) is 0.562. The number of nitrogens with one attached hydrogen (secondary N) is 1. The van der Waals surface area contributed by atoms with Crippen molar-refractivity contribution in [1.82, 2.24) is 0 Å². The van der Waals surface area contributed by atoms with Crippen molar-refractivity contribution < 1.29 is 0 Å². The molecule has 3 nitrogen and oxygen atoms in total. The highest BCUT2D eigenvalue weighted by Gasteiger charge is 2.37. The molecule has 1 saturated heterocycles. The van der Waals surface area contributed by atoms with Crippen LogP contribution in [0.2, 0.25) is 5.02 Å². The molecular weight excluding hydrogens is 270 g/mol. The largest absolute Gasteiger partial charge is 0.384 e. The lowest BCUT2D eigenvalue weighted by molar-refractivity contribution is 0.226. The number of nitrogens with two attached hydrogens (primary N) is 1. The summed E-state index contributed by atoms with van der Waals surface area (Å²) >= 11 is 6.22. The Balaban J connectivity index is 1.81. The molecule has 1 aromatic rings. The zero-order chi connectivity index (χ0) is 14.2. The third-order valence-electron chi connectivity index (χ3n) is 5.09. The summed E-state index contributed by atoms with van der Waals surface area (Å²) in [5.74, 6) is 0.0618. The van der Waals surface area contributed by atoms with E-state index in [-0.39, 0.29) is 5.84 Å². The van der Waals surface area contributed by atoms with Gasteiger partial charge >= 0.3 is 0 Å². The second kappa shape index (κ2) is 5.28. The Morgan fingerprint density at radius 3 is 2.40 bits per heavy atom. The van der Waals surface area contributed by atoms with Crippen molar-refractivity contribution in [1.29, 1.82) is 5.41 Å². The van der Waals surface area contributed by atoms with Gasteiger partial charge in [-0.1, -0.05) is 30.5 Å². The summed E-state index contributed by atoms with van der Waals surface area (Å²) in [6.45, 7) is 2.11. The number of hydrogen-bond acceptors (Lipinski definition) is 2. The number of nitrogens with zero attached hydrogens (tertiary/aromatic N) is 1. The standard InChI is InChI=1S/C16H22ClN3/c17-12-4-3-5-13(14(12)15(18)19)20-10-8-16(9-11-20)6-1-2-7-16/h3-5H,1-2,6-11H2,(H3,18,19). The third kappa shape index (κ3) is 2.39. The molecule has 0 unspecified atom stereocenters. The lowest BCUT2D eigenvalue weighted by atomic mass is 9.77. The Labute approximate surface area is 125 Å². The topological polar surface area (TPSA) is 53.1 Å². The molecule has 3 rings (SSSR count). The average molecular weight is 292 g/mol. The number of hydrogen-bond donors (Lipinski definition) is 2. The van der Waals surface area contributed by atoms with E-state index in [9.17, 15) is 0 Å². The van der Waals surface area contributed by atoms with Gasteiger partial charge in [0.1, 0.15) is 5.84 Å². The fourth-order valence-electron chi connectivity index (χ4n) is 3.89. The molecule has 2 fully saturated rings. The molecule has 1 heterocycles. The average Bonchev–Trinajstić information content (AvgIpc) is 2.87. The van der Waals surface area contributed by atoms with Crippen molar-refractivity contribution in [2.45, 2.75) is 38.5 Å². The van der Waals surface area contributed by atoms with Gasteiger partial charge in [0.05, 0.1) is 10.6 Å². The van der Waals surface area contributed by atoms with Gasteiger partial charge in [0.2, 0.25) is 0 Å². The minimum Gasteiger partial charge on any atom is -0.384 e. The first-order valence-electron chi connectivity index (χ1n) is 7.49. The van der Waals surface area contributed by atoms with Gasteiger partial charge in [0.25, 0.3) is 0 Å². The molecule has 1 spiro atoms. The highest BCUT2D eigenvalue weighted by Crippen LogP contribution is 2.47. The molecular formula is C16H22ClN3. The van der Waals surface area contributed by atoms with E-state index in [1.807, 2.05) is 18.2 Å². The van der Waals surface area contributed by atoms with Crippen molar-refractivity contribution in [2.24, 2.45) is 11.1 Å². The van der Waals surface area contributed by atoms with Gasteiger partial charge in [-0.15, -0.1) is 0 Å². The first kappa shape index (κ1) is 13.7. The summed E-state index contributed by atoms with van der Waals surface area (Å²) in [7, 11) is 0. The molecule has 1 aliphatic carbocycles. The van der Waals surface area contributed by atoms with Crippen LogP contribution >= 0.6 is 11.6 Å².